The maximum atomic E-state index is 9.05. The zero-order chi connectivity index (χ0) is 9.80. The molecule has 0 amide bonds. The molecule has 1 aromatic heterocycles. The summed E-state index contributed by atoms with van der Waals surface area (Å²) in [5.41, 5.74) is 0.802. The van der Waals surface area contributed by atoms with Gasteiger partial charge in [0.2, 0.25) is 5.95 Å². The predicted octanol–water partition coefficient (Wildman–Crippen LogP) is 1.32. The smallest absolute Gasteiger partial charge is 0.247 e. The molecule has 70 valence electrons. The van der Waals surface area contributed by atoms with Crippen molar-refractivity contribution in [1.82, 2.24) is 15.2 Å². The summed E-state index contributed by atoms with van der Waals surface area (Å²) in [6, 6.07) is 6.62. The van der Waals surface area contributed by atoms with Gasteiger partial charge >= 0.3 is 0 Å². The number of anilines is 2. The summed E-state index contributed by atoms with van der Waals surface area (Å²) in [6.45, 7) is 0. The molecule has 2 N–H and O–H groups in total. The molecule has 0 fully saturated rings. The maximum Gasteiger partial charge on any atom is 0.247 e. The SMILES string of the molecule is Oc1ccc(Nc2nccnn2)cc1. The van der Waals surface area contributed by atoms with Crippen LogP contribution in [0, 0.1) is 0 Å². The zero-order valence-corrected chi connectivity index (χ0v) is 7.25. The maximum absolute atomic E-state index is 9.05. The molecule has 0 saturated heterocycles. The molecule has 5 nitrogen and oxygen atoms in total. The number of hydrogen-bond acceptors (Lipinski definition) is 5. The Hall–Kier alpha value is -2.17. The van der Waals surface area contributed by atoms with Gasteiger partial charge in [-0.25, -0.2) is 4.98 Å². The quantitative estimate of drug-likeness (QED) is 0.695. The lowest BCUT2D eigenvalue weighted by Gasteiger charge is -2.02. The summed E-state index contributed by atoms with van der Waals surface area (Å²) < 4.78 is 0. The van der Waals surface area contributed by atoms with E-state index in [1.165, 1.54) is 6.20 Å². The van der Waals surface area contributed by atoms with Crippen LogP contribution in [-0.2, 0) is 0 Å². The van der Waals surface area contributed by atoms with Crippen molar-refractivity contribution in [2.24, 2.45) is 0 Å². The fourth-order valence-electron chi connectivity index (χ4n) is 0.979. The molecule has 0 saturated carbocycles. The van der Waals surface area contributed by atoms with Crippen LogP contribution in [0.2, 0.25) is 0 Å². The summed E-state index contributed by atoms with van der Waals surface area (Å²) in [6.07, 6.45) is 3.05. The molecule has 5 heteroatoms. The number of aromatic hydroxyl groups is 1. The van der Waals surface area contributed by atoms with Crippen molar-refractivity contribution in [2.75, 3.05) is 5.32 Å². The standard InChI is InChI=1S/C9H8N4O/c14-8-3-1-7(2-4-8)12-9-10-5-6-11-13-9/h1-6,14H,(H,10,12,13). The number of phenols is 1. The van der Waals surface area contributed by atoms with Crippen molar-refractivity contribution >= 4 is 11.6 Å². The van der Waals surface area contributed by atoms with Crippen molar-refractivity contribution in [2.45, 2.75) is 0 Å². The number of rotatable bonds is 2. The Morgan fingerprint density at radius 3 is 2.50 bits per heavy atom. The molecule has 0 bridgehead atoms. The van der Waals surface area contributed by atoms with Crippen LogP contribution in [-0.4, -0.2) is 20.3 Å². The average molecular weight is 188 g/mol. The highest BCUT2D eigenvalue weighted by Gasteiger charge is 1.95. The fraction of sp³-hybridized carbons (Fsp3) is 0. The average Bonchev–Trinajstić information content (AvgIpc) is 2.23. The van der Waals surface area contributed by atoms with E-state index in [1.807, 2.05) is 0 Å². The molecular formula is C9H8N4O. The van der Waals surface area contributed by atoms with E-state index < -0.39 is 0 Å². The minimum Gasteiger partial charge on any atom is -0.508 e. The van der Waals surface area contributed by atoms with Gasteiger partial charge in [-0.3, -0.25) is 0 Å². The Kier molecular flexibility index (Phi) is 2.22. The summed E-state index contributed by atoms with van der Waals surface area (Å²) in [4.78, 5) is 3.95. The van der Waals surface area contributed by atoms with Gasteiger partial charge in [-0.05, 0) is 24.3 Å². The van der Waals surface area contributed by atoms with Crippen LogP contribution in [0.1, 0.15) is 0 Å². The van der Waals surface area contributed by atoms with E-state index in [0.29, 0.717) is 5.95 Å². The van der Waals surface area contributed by atoms with E-state index in [4.69, 9.17) is 5.11 Å². The van der Waals surface area contributed by atoms with Crippen LogP contribution in [0.15, 0.2) is 36.7 Å². The van der Waals surface area contributed by atoms with Gasteiger partial charge in [0.25, 0.3) is 0 Å². The van der Waals surface area contributed by atoms with Crippen LogP contribution >= 0.6 is 0 Å². The first kappa shape index (κ1) is 8.43. The van der Waals surface area contributed by atoms with E-state index in [9.17, 15) is 0 Å². The largest absolute Gasteiger partial charge is 0.508 e. The normalized spacial score (nSPS) is 9.71. The Labute approximate surface area is 80.5 Å². The molecule has 0 aliphatic heterocycles. The van der Waals surface area contributed by atoms with E-state index in [2.05, 4.69) is 20.5 Å². The fourth-order valence-corrected chi connectivity index (χ4v) is 0.979. The molecule has 0 radical (unpaired) electrons. The summed E-state index contributed by atoms with van der Waals surface area (Å²) >= 11 is 0. The van der Waals surface area contributed by atoms with Crippen molar-refractivity contribution in [3.63, 3.8) is 0 Å². The van der Waals surface area contributed by atoms with Gasteiger partial charge in [-0.2, -0.15) is 5.10 Å². The highest BCUT2D eigenvalue weighted by Crippen LogP contribution is 2.15. The second-order valence-electron chi connectivity index (χ2n) is 2.64. The lowest BCUT2D eigenvalue weighted by atomic mass is 10.3. The first-order chi connectivity index (χ1) is 6.84. The van der Waals surface area contributed by atoms with Crippen molar-refractivity contribution in [3.05, 3.63) is 36.7 Å². The molecule has 0 atom stereocenters. The topological polar surface area (TPSA) is 70.9 Å². The molecular weight excluding hydrogens is 180 g/mol. The van der Waals surface area contributed by atoms with Gasteiger partial charge in [0.1, 0.15) is 5.75 Å². The number of nitrogens with zero attached hydrogens (tertiary/aromatic N) is 3. The summed E-state index contributed by atoms with van der Waals surface area (Å²) in [7, 11) is 0. The van der Waals surface area contributed by atoms with Gasteiger partial charge in [0.05, 0.1) is 12.4 Å². The molecule has 14 heavy (non-hydrogen) atoms. The number of aromatic nitrogens is 3. The molecule has 0 unspecified atom stereocenters. The highest BCUT2D eigenvalue weighted by atomic mass is 16.3. The lowest BCUT2D eigenvalue weighted by Crippen LogP contribution is -1.96. The van der Waals surface area contributed by atoms with Crippen LogP contribution in [0.4, 0.5) is 11.6 Å². The van der Waals surface area contributed by atoms with Gasteiger partial charge in [0, 0.05) is 5.69 Å². The van der Waals surface area contributed by atoms with E-state index in [1.54, 1.807) is 30.5 Å². The minimum atomic E-state index is 0.225. The number of hydrogen-bond donors (Lipinski definition) is 2. The van der Waals surface area contributed by atoms with Crippen LogP contribution in [0.3, 0.4) is 0 Å². The van der Waals surface area contributed by atoms with Crippen LogP contribution in [0.5, 0.6) is 5.75 Å². The second kappa shape index (κ2) is 3.69. The van der Waals surface area contributed by atoms with Crippen LogP contribution in [0.25, 0.3) is 0 Å². The molecule has 0 aliphatic carbocycles. The molecule has 2 rings (SSSR count). The first-order valence-electron chi connectivity index (χ1n) is 4.04. The molecule has 1 heterocycles. The third-order valence-corrected chi connectivity index (χ3v) is 1.61. The molecule has 1 aromatic carbocycles. The summed E-state index contributed by atoms with van der Waals surface area (Å²) in [5.74, 6) is 0.654. The van der Waals surface area contributed by atoms with Gasteiger partial charge < -0.3 is 10.4 Å². The number of phenolic OH excluding ortho intramolecular Hbond substituents is 1. The van der Waals surface area contributed by atoms with E-state index >= 15 is 0 Å². The Morgan fingerprint density at radius 2 is 1.86 bits per heavy atom. The Morgan fingerprint density at radius 1 is 1.07 bits per heavy atom. The first-order valence-corrected chi connectivity index (χ1v) is 4.04. The zero-order valence-electron chi connectivity index (χ0n) is 7.25. The molecule has 2 aromatic rings. The van der Waals surface area contributed by atoms with E-state index in [-0.39, 0.29) is 5.75 Å². The number of benzene rings is 1. The second-order valence-corrected chi connectivity index (χ2v) is 2.64. The predicted molar refractivity (Wildman–Crippen MR) is 51.2 cm³/mol. The third-order valence-electron chi connectivity index (χ3n) is 1.61. The highest BCUT2D eigenvalue weighted by molar-refractivity contribution is 5.53. The van der Waals surface area contributed by atoms with E-state index in [0.717, 1.165) is 5.69 Å². The third kappa shape index (κ3) is 1.95. The van der Waals surface area contributed by atoms with Crippen molar-refractivity contribution in [1.29, 1.82) is 0 Å². The van der Waals surface area contributed by atoms with Gasteiger partial charge in [-0.15, -0.1) is 5.10 Å². The van der Waals surface area contributed by atoms with Gasteiger partial charge in [-0.1, -0.05) is 0 Å². The monoisotopic (exact) mass is 188 g/mol. The minimum absolute atomic E-state index is 0.225. The Bertz CT molecular complexity index is 401. The number of nitrogens with one attached hydrogen (secondary N) is 1. The van der Waals surface area contributed by atoms with Gasteiger partial charge in [0.15, 0.2) is 0 Å². The van der Waals surface area contributed by atoms with Crippen LogP contribution < -0.4 is 5.32 Å². The van der Waals surface area contributed by atoms with Crippen molar-refractivity contribution < 1.29 is 5.11 Å². The lowest BCUT2D eigenvalue weighted by molar-refractivity contribution is 0.475. The Balaban J connectivity index is 2.16. The molecule has 0 spiro atoms. The van der Waals surface area contributed by atoms with Crippen molar-refractivity contribution in [3.8, 4) is 5.75 Å². The summed E-state index contributed by atoms with van der Waals surface area (Å²) in [5, 5.41) is 19.4. The molecule has 0 aliphatic rings.